The number of carbonyl (C=O) groups is 1. The van der Waals surface area contributed by atoms with Gasteiger partial charge < -0.3 is 19.8 Å². The van der Waals surface area contributed by atoms with E-state index in [0.29, 0.717) is 25.4 Å². The number of carboxylic acids is 1. The molecule has 2 rings (SSSR count). The van der Waals surface area contributed by atoms with Crippen LogP contribution < -0.4 is 0 Å². The summed E-state index contributed by atoms with van der Waals surface area (Å²) in [5.41, 5.74) is -1.51. The van der Waals surface area contributed by atoms with E-state index in [1.54, 1.807) is 0 Å². The van der Waals surface area contributed by atoms with Crippen LogP contribution in [0.3, 0.4) is 0 Å². The van der Waals surface area contributed by atoms with E-state index in [0.717, 1.165) is 39.0 Å². The Bertz CT molecular complexity index is 278. The average Bonchev–Trinajstić information content (AvgIpc) is 2.54. The fraction of sp³-hybridized carbons (Fsp3) is 0.917. The summed E-state index contributed by atoms with van der Waals surface area (Å²) in [4.78, 5) is 13.3. The molecule has 0 radical (unpaired) electrons. The van der Waals surface area contributed by atoms with Crippen LogP contribution in [0, 0.1) is 0 Å². The van der Waals surface area contributed by atoms with Crippen LogP contribution in [-0.4, -0.2) is 59.0 Å². The van der Waals surface area contributed by atoms with Crippen LogP contribution >= 0.6 is 0 Å². The molecule has 0 aromatic heterocycles. The van der Waals surface area contributed by atoms with Crippen LogP contribution in [-0.2, 0) is 9.53 Å². The van der Waals surface area contributed by atoms with Crippen molar-refractivity contribution in [2.45, 2.75) is 43.7 Å². The van der Waals surface area contributed by atoms with Crippen molar-refractivity contribution in [3.05, 3.63) is 0 Å². The molecule has 2 aliphatic rings. The summed E-state index contributed by atoms with van der Waals surface area (Å²) in [6, 6.07) is 0.500. The van der Waals surface area contributed by atoms with Crippen LogP contribution in [0.5, 0.6) is 0 Å². The number of likely N-dealkylation sites (tertiary alicyclic amines) is 1. The van der Waals surface area contributed by atoms with Gasteiger partial charge in [-0.15, -0.1) is 0 Å². The molecule has 0 spiro atoms. The van der Waals surface area contributed by atoms with Crippen molar-refractivity contribution in [3.8, 4) is 0 Å². The van der Waals surface area contributed by atoms with Gasteiger partial charge in [-0.25, -0.2) is 4.79 Å². The molecular formula is C12H21NO4. The van der Waals surface area contributed by atoms with Gasteiger partial charge in [0.25, 0.3) is 0 Å². The summed E-state index contributed by atoms with van der Waals surface area (Å²) in [6.07, 6.45) is 3.49. The van der Waals surface area contributed by atoms with Gasteiger partial charge in [0, 0.05) is 25.8 Å². The van der Waals surface area contributed by atoms with Crippen LogP contribution in [0.2, 0.25) is 0 Å². The SMILES string of the molecule is O=C(O)C1(O)CCCN(C2CCOCC2)CC1. The highest BCUT2D eigenvalue weighted by molar-refractivity contribution is 5.77. The number of ether oxygens (including phenoxy) is 1. The third-order valence-electron chi connectivity index (χ3n) is 3.95. The minimum Gasteiger partial charge on any atom is -0.479 e. The van der Waals surface area contributed by atoms with E-state index in [1.165, 1.54) is 0 Å². The van der Waals surface area contributed by atoms with Gasteiger partial charge in [0.2, 0.25) is 0 Å². The van der Waals surface area contributed by atoms with Gasteiger partial charge >= 0.3 is 5.97 Å². The highest BCUT2D eigenvalue weighted by atomic mass is 16.5. The average molecular weight is 243 g/mol. The molecule has 98 valence electrons. The van der Waals surface area contributed by atoms with Gasteiger partial charge in [0.05, 0.1) is 0 Å². The van der Waals surface area contributed by atoms with Crippen LogP contribution in [0.15, 0.2) is 0 Å². The Balaban J connectivity index is 1.93. The molecule has 5 nitrogen and oxygen atoms in total. The van der Waals surface area contributed by atoms with Crippen LogP contribution in [0.25, 0.3) is 0 Å². The molecule has 0 amide bonds. The minimum absolute atomic E-state index is 0.333. The largest absolute Gasteiger partial charge is 0.479 e. The van der Waals surface area contributed by atoms with E-state index in [2.05, 4.69) is 4.90 Å². The highest BCUT2D eigenvalue weighted by Gasteiger charge is 2.38. The Morgan fingerprint density at radius 3 is 2.59 bits per heavy atom. The Kier molecular flexibility index (Phi) is 4.01. The quantitative estimate of drug-likeness (QED) is 0.737. The van der Waals surface area contributed by atoms with Crippen molar-refractivity contribution in [1.29, 1.82) is 0 Å². The zero-order chi connectivity index (χ0) is 12.3. The fourth-order valence-corrected chi connectivity index (χ4v) is 2.77. The summed E-state index contributed by atoms with van der Waals surface area (Å²) in [7, 11) is 0. The predicted molar refractivity (Wildman–Crippen MR) is 61.9 cm³/mol. The molecule has 0 saturated carbocycles. The first-order chi connectivity index (χ1) is 8.12. The smallest absolute Gasteiger partial charge is 0.335 e. The Labute approximate surface area is 101 Å². The zero-order valence-electron chi connectivity index (χ0n) is 10.1. The topological polar surface area (TPSA) is 70.0 Å². The molecule has 0 bridgehead atoms. The van der Waals surface area contributed by atoms with Crippen molar-refractivity contribution in [1.82, 2.24) is 4.90 Å². The molecule has 2 heterocycles. The second-order valence-corrected chi connectivity index (χ2v) is 5.07. The second kappa shape index (κ2) is 5.33. The second-order valence-electron chi connectivity index (χ2n) is 5.07. The van der Waals surface area contributed by atoms with Gasteiger partial charge in [0.1, 0.15) is 0 Å². The summed E-state index contributed by atoms with van der Waals surface area (Å²) in [6.45, 7) is 3.16. The van der Waals surface area contributed by atoms with E-state index in [9.17, 15) is 9.90 Å². The first-order valence-corrected chi connectivity index (χ1v) is 6.39. The molecule has 0 aliphatic carbocycles. The lowest BCUT2D eigenvalue weighted by Crippen LogP contribution is -2.42. The lowest BCUT2D eigenvalue weighted by atomic mass is 9.95. The number of aliphatic carboxylic acids is 1. The van der Waals surface area contributed by atoms with Crippen molar-refractivity contribution in [2.75, 3.05) is 26.3 Å². The van der Waals surface area contributed by atoms with E-state index in [4.69, 9.17) is 9.84 Å². The molecule has 17 heavy (non-hydrogen) atoms. The van der Waals surface area contributed by atoms with E-state index in [1.807, 2.05) is 0 Å². The number of nitrogens with zero attached hydrogens (tertiary/aromatic N) is 1. The predicted octanol–water partition coefficient (Wildman–Crippen LogP) is 0.467. The highest BCUT2D eigenvalue weighted by Crippen LogP contribution is 2.25. The van der Waals surface area contributed by atoms with Crippen LogP contribution in [0.4, 0.5) is 0 Å². The first kappa shape index (κ1) is 12.8. The Morgan fingerprint density at radius 2 is 1.94 bits per heavy atom. The monoisotopic (exact) mass is 243 g/mol. The molecular weight excluding hydrogens is 222 g/mol. The molecule has 2 fully saturated rings. The normalized spacial score (nSPS) is 33.2. The molecule has 2 aliphatic heterocycles. The number of rotatable bonds is 2. The van der Waals surface area contributed by atoms with Crippen molar-refractivity contribution in [3.63, 3.8) is 0 Å². The molecule has 5 heteroatoms. The number of aliphatic hydroxyl groups is 1. The van der Waals surface area contributed by atoms with Gasteiger partial charge in [-0.05, 0) is 38.6 Å². The Hall–Kier alpha value is -0.650. The maximum absolute atomic E-state index is 11.0. The molecule has 0 aromatic rings. The number of carboxylic acid groups (broad SMARTS) is 1. The van der Waals surface area contributed by atoms with E-state index >= 15 is 0 Å². The summed E-state index contributed by atoms with van der Waals surface area (Å²) in [5.74, 6) is -1.08. The molecule has 2 N–H and O–H groups in total. The molecule has 1 atom stereocenters. The van der Waals surface area contributed by atoms with Gasteiger partial charge in [-0.3, -0.25) is 0 Å². The van der Waals surface area contributed by atoms with Crippen LogP contribution in [0.1, 0.15) is 32.1 Å². The zero-order valence-corrected chi connectivity index (χ0v) is 10.1. The number of hydrogen-bond donors (Lipinski definition) is 2. The lowest BCUT2D eigenvalue weighted by molar-refractivity contribution is -0.159. The summed E-state index contributed by atoms with van der Waals surface area (Å²) in [5, 5.41) is 19.0. The van der Waals surface area contributed by atoms with Gasteiger partial charge in [0.15, 0.2) is 5.60 Å². The summed E-state index contributed by atoms with van der Waals surface area (Å²) >= 11 is 0. The lowest BCUT2D eigenvalue weighted by Gasteiger charge is -2.33. The first-order valence-electron chi connectivity index (χ1n) is 6.39. The van der Waals surface area contributed by atoms with E-state index in [-0.39, 0.29) is 0 Å². The van der Waals surface area contributed by atoms with Gasteiger partial charge in [-0.2, -0.15) is 0 Å². The standard InChI is InChI=1S/C12H21NO4/c14-11(15)12(16)4-1-6-13(7-5-12)10-2-8-17-9-3-10/h10,16H,1-9H2,(H,14,15). The van der Waals surface area contributed by atoms with Gasteiger partial charge in [-0.1, -0.05) is 0 Å². The number of hydrogen-bond acceptors (Lipinski definition) is 4. The van der Waals surface area contributed by atoms with Crippen molar-refractivity contribution in [2.24, 2.45) is 0 Å². The third kappa shape index (κ3) is 2.97. The van der Waals surface area contributed by atoms with E-state index < -0.39 is 11.6 Å². The Morgan fingerprint density at radius 1 is 1.24 bits per heavy atom. The summed E-state index contributed by atoms with van der Waals surface area (Å²) < 4.78 is 5.33. The molecule has 0 aromatic carbocycles. The van der Waals surface area contributed by atoms with Crippen molar-refractivity contribution >= 4 is 5.97 Å². The maximum atomic E-state index is 11.0. The maximum Gasteiger partial charge on any atom is 0.335 e. The third-order valence-corrected chi connectivity index (χ3v) is 3.95. The molecule has 1 unspecified atom stereocenters. The fourth-order valence-electron chi connectivity index (χ4n) is 2.77. The van der Waals surface area contributed by atoms with Crippen molar-refractivity contribution < 1.29 is 19.7 Å². The minimum atomic E-state index is -1.51. The molecule has 2 saturated heterocycles.